The minimum Gasteiger partial charge on any atom is -0.481 e. The van der Waals surface area contributed by atoms with Crippen molar-refractivity contribution in [3.63, 3.8) is 0 Å². The fourth-order valence-corrected chi connectivity index (χ4v) is 1.43. The molecule has 0 spiro atoms. The van der Waals surface area contributed by atoms with E-state index >= 15 is 0 Å². The molecule has 1 atom stereocenters. The van der Waals surface area contributed by atoms with Crippen LogP contribution in [0.25, 0.3) is 0 Å². The Hall–Kier alpha value is -1.92. The van der Waals surface area contributed by atoms with Crippen molar-refractivity contribution < 1.29 is 19.8 Å². The first-order chi connectivity index (χ1) is 8.44. The van der Waals surface area contributed by atoms with Gasteiger partial charge >= 0.3 is 11.9 Å². The summed E-state index contributed by atoms with van der Waals surface area (Å²) in [5, 5.41) is 20.3. The Morgan fingerprint density at radius 3 is 2.33 bits per heavy atom. The predicted octanol–water partition coefficient (Wildman–Crippen LogP) is 0.381. The Morgan fingerprint density at radius 1 is 1.22 bits per heavy atom. The molecule has 1 rings (SSSR count). The van der Waals surface area contributed by atoms with Gasteiger partial charge in [0.25, 0.3) is 0 Å². The van der Waals surface area contributed by atoms with Gasteiger partial charge in [-0.1, -0.05) is 30.3 Å². The highest BCUT2D eigenvalue weighted by Crippen LogP contribution is 2.09. The summed E-state index contributed by atoms with van der Waals surface area (Å²) in [5.41, 5.74) is 4.81. The van der Waals surface area contributed by atoms with Crippen LogP contribution in [0.3, 0.4) is 0 Å². The molecule has 6 heteroatoms. The third-order valence-electron chi connectivity index (χ3n) is 2.57. The van der Waals surface area contributed by atoms with Gasteiger partial charge in [-0.15, -0.1) is 0 Å². The van der Waals surface area contributed by atoms with Crippen LogP contribution in [0.2, 0.25) is 0 Å². The van der Waals surface area contributed by atoms with Crippen LogP contribution in [0.5, 0.6) is 0 Å². The number of nitrogens with one attached hydrogen (secondary N) is 1. The molecule has 0 fully saturated rings. The van der Waals surface area contributed by atoms with Crippen LogP contribution in [-0.2, 0) is 16.1 Å². The summed E-state index contributed by atoms with van der Waals surface area (Å²) >= 11 is 0. The summed E-state index contributed by atoms with van der Waals surface area (Å²) in [6, 6.07) is 9.15. The Kier molecular flexibility index (Phi) is 4.82. The largest absolute Gasteiger partial charge is 0.481 e. The van der Waals surface area contributed by atoms with Crippen molar-refractivity contribution >= 4 is 11.9 Å². The number of benzene rings is 1. The zero-order valence-electron chi connectivity index (χ0n) is 9.80. The predicted molar refractivity (Wildman–Crippen MR) is 64.7 cm³/mol. The van der Waals surface area contributed by atoms with Gasteiger partial charge in [0, 0.05) is 19.4 Å². The zero-order valence-corrected chi connectivity index (χ0v) is 9.80. The fourth-order valence-electron chi connectivity index (χ4n) is 1.43. The summed E-state index contributed by atoms with van der Waals surface area (Å²) < 4.78 is 0. The van der Waals surface area contributed by atoms with Crippen LogP contribution in [0, 0.1) is 0 Å². The molecule has 0 aliphatic rings. The average Bonchev–Trinajstić information content (AvgIpc) is 2.35. The molecule has 0 saturated carbocycles. The van der Waals surface area contributed by atoms with Crippen molar-refractivity contribution in [1.29, 1.82) is 0 Å². The molecule has 0 saturated heterocycles. The second kappa shape index (κ2) is 6.13. The molecule has 6 nitrogen and oxygen atoms in total. The minimum atomic E-state index is -1.73. The van der Waals surface area contributed by atoms with Crippen LogP contribution in [0.4, 0.5) is 0 Å². The number of carbonyl (C=O) groups is 2. The van der Waals surface area contributed by atoms with Gasteiger partial charge in [0.15, 0.2) is 5.66 Å². The standard InChI is InChI=1S/C12H16N2O4/c13-12(11(17)18,7-6-10(15)16)14-8-9-4-2-1-3-5-9/h1-5,14H,6-8,13H2,(H,15,16)(H,17,18). The van der Waals surface area contributed by atoms with Crippen LogP contribution in [-0.4, -0.2) is 27.8 Å². The Morgan fingerprint density at radius 2 is 1.83 bits per heavy atom. The topological polar surface area (TPSA) is 113 Å². The van der Waals surface area contributed by atoms with Gasteiger partial charge in [-0.3, -0.25) is 10.1 Å². The smallest absolute Gasteiger partial charge is 0.338 e. The molecule has 0 aromatic heterocycles. The quantitative estimate of drug-likeness (QED) is 0.522. The Bertz CT molecular complexity index is 421. The van der Waals surface area contributed by atoms with Crippen molar-refractivity contribution in [3.05, 3.63) is 35.9 Å². The van der Waals surface area contributed by atoms with E-state index in [1.807, 2.05) is 30.3 Å². The van der Waals surface area contributed by atoms with Gasteiger partial charge in [-0.05, 0) is 5.56 Å². The Labute approximate surface area is 104 Å². The maximum Gasteiger partial charge on any atom is 0.338 e. The molecule has 0 bridgehead atoms. The molecular formula is C12H16N2O4. The molecule has 5 N–H and O–H groups in total. The van der Waals surface area contributed by atoms with Gasteiger partial charge < -0.3 is 15.9 Å². The van der Waals surface area contributed by atoms with Crippen molar-refractivity contribution in [2.45, 2.75) is 25.0 Å². The van der Waals surface area contributed by atoms with E-state index in [1.165, 1.54) is 0 Å². The SMILES string of the molecule is NC(CCC(=O)O)(NCc1ccccc1)C(=O)O. The summed E-state index contributed by atoms with van der Waals surface area (Å²) in [5.74, 6) is -2.34. The minimum absolute atomic E-state index is 0.176. The molecule has 1 aromatic rings. The van der Waals surface area contributed by atoms with Gasteiger partial charge in [0.1, 0.15) is 0 Å². The number of hydrogen-bond donors (Lipinski definition) is 4. The van der Waals surface area contributed by atoms with E-state index < -0.39 is 17.6 Å². The number of rotatable bonds is 7. The van der Waals surface area contributed by atoms with Crippen molar-refractivity contribution in [2.24, 2.45) is 5.73 Å². The van der Waals surface area contributed by atoms with Gasteiger partial charge in [-0.2, -0.15) is 0 Å². The third kappa shape index (κ3) is 4.15. The molecule has 18 heavy (non-hydrogen) atoms. The summed E-state index contributed by atoms with van der Waals surface area (Å²) in [6.45, 7) is 0.267. The lowest BCUT2D eigenvalue weighted by molar-refractivity contribution is -0.146. The van der Waals surface area contributed by atoms with E-state index in [1.54, 1.807) is 0 Å². The number of nitrogens with two attached hydrogens (primary N) is 1. The van der Waals surface area contributed by atoms with Crippen molar-refractivity contribution in [1.82, 2.24) is 5.32 Å². The molecule has 0 amide bonds. The first kappa shape index (κ1) is 14.1. The maximum atomic E-state index is 11.1. The van der Waals surface area contributed by atoms with E-state index in [4.69, 9.17) is 15.9 Å². The molecular weight excluding hydrogens is 236 g/mol. The van der Waals surface area contributed by atoms with Crippen molar-refractivity contribution in [3.8, 4) is 0 Å². The van der Waals surface area contributed by atoms with E-state index in [2.05, 4.69) is 5.32 Å². The van der Waals surface area contributed by atoms with E-state index in [-0.39, 0.29) is 19.4 Å². The molecule has 0 aliphatic heterocycles. The molecule has 1 aromatic carbocycles. The number of hydrogen-bond acceptors (Lipinski definition) is 4. The zero-order chi connectivity index (χ0) is 13.6. The van der Waals surface area contributed by atoms with Gasteiger partial charge in [0.2, 0.25) is 0 Å². The van der Waals surface area contributed by atoms with Crippen molar-refractivity contribution in [2.75, 3.05) is 0 Å². The fraction of sp³-hybridized carbons (Fsp3) is 0.333. The number of aliphatic carboxylic acids is 2. The van der Waals surface area contributed by atoms with Gasteiger partial charge in [-0.25, -0.2) is 4.79 Å². The lowest BCUT2D eigenvalue weighted by atomic mass is 10.0. The molecule has 0 aliphatic carbocycles. The first-order valence-corrected chi connectivity index (χ1v) is 5.47. The normalized spacial score (nSPS) is 13.8. The summed E-state index contributed by atoms with van der Waals surface area (Å²) in [6.07, 6.45) is -0.477. The number of carboxylic acids is 2. The van der Waals surface area contributed by atoms with E-state index in [0.29, 0.717) is 0 Å². The molecule has 98 valence electrons. The number of carboxylic acid groups (broad SMARTS) is 2. The summed E-state index contributed by atoms with van der Waals surface area (Å²) in [7, 11) is 0. The van der Waals surface area contributed by atoms with E-state index in [0.717, 1.165) is 5.56 Å². The van der Waals surface area contributed by atoms with Gasteiger partial charge in [0.05, 0.1) is 0 Å². The second-order valence-corrected chi connectivity index (χ2v) is 4.01. The molecule has 0 radical (unpaired) electrons. The Balaban J connectivity index is 2.62. The first-order valence-electron chi connectivity index (χ1n) is 5.47. The lowest BCUT2D eigenvalue weighted by Crippen LogP contribution is -2.59. The van der Waals surface area contributed by atoms with E-state index in [9.17, 15) is 9.59 Å². The maximum absolute atomic E-state index is 11.1. The van der Waals surface area contributed by atoms with Crippen LogP contribution in [0.15, 0.2) is 30.3 Å². The third-order valence-corrected chi connectivity index (χ3v) is 2.57. The molecule has 1 unspecified atom stereocenters. The highest BCUT2D eigenvalue weighted by molar-refractivity contribution is 5.79. The monoisotopic (exact) mass is 252 g/mol. The highest BCUT2D eigenvalue weighted by Gasteiger charge is 2.33. The van der Waals surface area contributed by atoms with Crippen LogP contribution < -0.4 is 11.1 Å². The highest BCUT2D eigenvalue weighted by atomic mass is 16.4. The van der Waals surface area contributed by atoms with Crippen LogP contribution >= 0.6 is 0 Å². The molecule has 0 heterocycles. The van der Waals surface area contributed by atoms with Crippen LogP contribution in [0.1, 0.15) is 18.4 Å². The average molecular weight is 252 g/mol. The second-order valence-electron chi connectivity index (χ2n) is 4.01. The summed E-state index contributed by atoms with van der Waals surface area (Å²) in [4.78, 5) is 21.5. The lowest BCUT2D eigenvalue weighted by Gasteiger charge is -2.25.